The number of carbonyl (C=O) groups is 1. The molecule has 3 heterocycles. The Hall–Kier alpha value is -1.71. The lowest BCUT2D eigenvalue weighted by Crippen LogP contribution is -2.63. The number of alkyl halides is 3. The molecular formula is C18H24F3N5O. The highest BCUT2D eigenvalue weighted by Crippen LogP contribution is 2.43. The molecule has 3 aliphatic rings. The fourth-order valence-electron chi connectivity index (χ4n) is 4.30. The molecular weight excluding hydrogens is 359 g/mol. The molecule has 0 radical (unpaired) electrons. The first-order valence-corrected chi connectivity index (χ1v) is 9.43. The topological polar surface area (TPSA) is 69.3 Å². The van der Waals surface area contributed by atoms with Gasteiger partial charge in [-0.2, -0.15) is 13.2 Å². The molecule has 1 amide bonds. The second-order valence-electron chi connectivity index (χ2n) is 7.67. The first-order chi connectivity index (χ1) is 12.8. The Kier molecular flexibility index (Phi) is 4.64. The van der Waals surface area contributed by atoms with Crippen LogP contribution in [-0.4, -0.2) is 34.3 Å². The molecule has 4 unspecified atom stereocenters. The molecule has 0 spiro atoms. The van der Waals surface area contributed by atoms with E-state index in [9.17, 15) is 18.0 Å². The van der Waals surface area contributed by atoms with E-state index in [1.165, 1.54) is 12.3 Å². The number of hydrogen-bond acceptors (Lipinski definition) is 5. The van der Waals surface area contributed by atoms with E-state index >= 15 is 0 Å². The van der Waals surface area contributed by atoms with Crippen LogP contribution in [0.5, 0.6) is 0 Å². The maximum atomic E-state index is 12.8. The molecule has 1 aliphatic carbocycles. The molecule has 5 atom stereocenters. The van der Waals surface area contributed by atoms with Crippen molar-refractivity contribution in [2.45, 2.75) is 63.7 Å². The summed E-state index contributed by atoms with van der Waals surface area (Å²) in [5, 5.41) is 8.39. The van der Waals surface area contributed by atoms with Gasteiger partial charge in [0.05, 0.1) is 24.3 Å². The summed E-state index contributed by atoms with van der Waals surface area (Å²) in [6.07, 6.45) is -0.655. The Morgan fingerprint density at radius 3 is 2.63 bits per heavy atom. The molecule has 148 valence electrons. The van der Waals surface area contributed by atoms with Crippen molar-refractivity contribution in [3.05, 3.63) is 29.6 Å². The van der Waals surface area contributed by atoms with Crippen molar-refractivity contribution in [2.75, 3.05) is 0 Å². The van der Waals surface area contributed by atoms with Crippen LogP contribution in [0.3, 0.4) is 0 Å². The number of pyridine rings is 1. The molecule has 2 aliphatic heterocycles. The van der Waals surface area contributed by atoms with Crippen molar-refractivity contribution in [3.8, 4) is 0 Å². The second-order valence-corrected chi connectivity index (χ2v) is 7.67. The van der Waals surface area contributed by atoms with Crippen molar-refractivity contribution in [1.82, 2.24) is 26.1 Å². The lowest BCUT2D eigenvalue weighted by atomic mass is 9.91. The molecule has 1 aromatic heterocycles. The Labute approximate surface area is 155 Å². The summed E-state index contributed by atoms with van der Waals surface area (Å²) in [7, 11) is 0. The predicted octanol–water partition coefficient (Wildman–Crippen LogP) is 2.16. The highest BCUT2D eigenvalue weighted by molar-refractivity contribution is 5.81. The summed E-state index contributed by atoms with van der Waals surface area (Å²) in [6, 6.07) is 2.37. The molecule has 1 aromatic rings. The van der Waals surface area contributed by atoms with E-state index in [0.717, 1.165) is 18.9 Å². The van der Waals surface area contributed by atoms with Gasteiger partial charge >= 0.3 is 6.18 Å². The monoisotopic (exact) mass is 383 g/mol. The van der Waals surface area contributed by atoms with Crippen molar-refractivity contribution >= 4 is 5.91 Å². The number of rotatable bonds is 4. The van der Waals surface area contributed by atoms with Crippen LogP contribution in [0.2, 0.25) is 0 Å². The summed E-state index contributed by atoms with van der Waals surface area (Å²) in [4.78, 5) is 16.2. The number of fused-ring (bicyclic) bond motifs is 1. The van der Waals surface area contributed by atoms with E-state index in [0.29, 0.717) is 17.9 Å². The van der Waals surface area contributed by atoms with Crippen molar-refractivity contribution in [1.29, 1.82) is 0 Å². The molecule has 0 aromatic carbocycles. The Bertz CT molecular complexity index is 706. The van der Waals surface area contributed by atoms with E-state index < -0.39 is 11.9 Å². The lowest BCUT2D eigenvalue weighted by molar-refractivity contribution is -0.141. The molecule has 27 heavy (non-hydrogen) atoms. The van der Waals surface area contributed by atoms with Gasteiger partial charge in [0.1, 0.15) is 5.69 Å². The number of hydrogen-bond donors (Lipinski definition) is 3. The molecule has 4 rings (SSSR count). The Balaban J connectivity index is 1.62. The smallest absolute Gasteiger partial charge is 0.341 e. The van der Waals surface area contributed by atoms with Crippen LogP contribution in [0.1, 0.15) is 50.4 Å². The quantitative estimate of drug-likeness (QED) is 0.744. The minimum absolute atomic E-state index is 0.0264. The molecule has 3 fully saturated rings. The van der Waals surface area contributed by atoms with E-state index in [1.54, 1.807) is 0 Å². The van der Waals surface area contributed by atoms with Gasteiger partial charge in [-0.3, -0.25) is 15.1 Å². The molecule has 9 heteroatoms. The van der Waals surface area contributed by atoms with Gasteiger partial charge in [0, 0.05) is 12.2 Å². The number of aromatic nitrogens is 1. The van der Waals surface area contributed by atoms with Crippen molar-refractivity contribution in [2.24, 2.45) is 11.8 Å². The lowest BCUT2D eigenvalue weighted by Gasteiger charge is -2.38. The summed E-state index contributed by atoms with van der Waals surface area (Å²) in [5.74, 6) is 0.274. The van der Waals surface area contributed by atoms with Gasteiger partial charge < -0.3 is 5.32 Å². The van der Waals surface area contributed by atoms with Gasteiger partial charge in [-0.05, 0) is 43.7 Å². The zero-order valence-electron chi connectivity index (χ0n) is 15.3. The Morgan fingerprint density at radius 2 is 2.07 bits per heavy atom. The van der Waals surface area contributed by atoms with E-state index in [-0.39, 0.29) is 36.2 Å². The average Bonchev–Trinajstić information content (AvgIpc) is 3.38. The number of nitrogens with one attached hydrogen (secondary N) is 3. The van der Waals surface area contributed by atoms with Crippen molar-refractivity contribution < 1.29 is 18.0 Å². The van der Waals surface area contributed by atoms with E-state index in [4.69, 9.17) is 0 Å². The number of hydrazine groups is 1. The maximum Gasteiger partial charge on any atom is 0.433 e. The third-order valence-electron chi connectivity index (χ3n) is 5.72. The molecule has 1 saturated carbocycles. The minimum atomic E-state index is -4.45. The zero-order valence-corrected chi connectivity index (χ0v) is 15.3. The number of nitrogens with zero attached hydrogens (tertiary/aromatic N) is 2. The standard InChI is InChI=1S/C18H24F3N5O/c1-3-12(11-6-7-13(22-8-11)18(19,20)21)26-16-14(15(25-26)10-4-5-10)17(27)24-9(2)23-16/h6-10,12,14-16,23,25H,3-5H2,1-2H3,(H,24,27)/t9?,12-,14?,15?,16?/m0/s1. The summed E-state index contributed by atoms with van der Waals surface area (Å²) in [5.41, 5.74) is 3.31. The SMILES string of the molecule is CC[C@@H](c1ccc(C(F)(F)F)nc1)N1NC(C2CC2)C2C(=O)NC(C)NC21. The largest absolute Gasteiger partial charge is 0.433 e. The van der Waals surface area contributed by atoms with Crippen LogP contribution in [-0.2, 0) is 11.0 Å². The third-order valence-corrected chi connectivity index (χ3v) is 5.72. The first-order valence-electron chi connectivity index (χ1n) is 9.43. The number of carbonyl (C=O) groups excluding carboxylic acids is 1. The second kappa shape index (κ2) is 6.72. The summed E-state index contributed by atoms with van der Waals surface area (Å²) in [6.45, 7) is 3.87. The van der Waals surface area contributed by atoms with Gasteiger partial charge in [0.25, 0.3) is 0 Å². The average molecular weight is 383 g/mol. The minimum Gasteiger partial charge on any atom is -0.341 e. The third kappa shape index (κ3) is 3.43. The summed E-state index contributed by atoms with van der Waals surface area (Å²) < 4.78 is 38.5. The number of amides is 1. The van der Waals surface area contributed by atoms with Gasteiger partial charge in [0.2, 0.25) is 5.91 Å². The van der Waals surface area contributed by atoms with Crippen molar-refractivity contribution in [3.63, 3.8) is 0 Å². The van der Waals surface area contributed by atoms with E-state index in [2.05, 4.69) is 21.0 Å². The van der Waals surface area contributed by atoms with Crippen LogP contribution < -0.4 is 16.1 Å². The van der Waals surface area contributed by atoms with Crippen LogP contribution in [0.15, 0.2) is 18.3 Å². The molecule has 0 bridgehead atoms. The van der Waals surface area contributed by atoms with E-state index in [1.807, 2.05) is 18.9 Å². The summed E-state index contributed by atoms with van der Waals surface area (Å²) >= 11 is 0. The normalized spacial score (nSPS) is 32.9. The molecule has 3 N–H and O–H groups in total. The Morgan fingerprint density at radius 1 is 1.33 bits per heavy atom. The predicted molar refractivity (Wildman–Crippen MR) is 91.8 cm³/mol. The highest BCUT2D eigenvalue weighted by atomic mass is 19.4. The fraction of sp³-hybridized carbons (Fsp3) is 0.667. The first kappa shape index (κ1) is 18.6. The van der Waals surface area contributed by atoms with Gasteiger partial charge in [0.15, 0.2) is 0 Å². The van der Waals surface area contributed by atoms with Gasteiger partial charge in [-0.1, -0.05) is 13.0 Å². The maximum absolute atomic E-state index is 12.8. The highest BCUT2D eigenvalue weighted by Gasteiger charge is 2.54. The fourth-order valence-corrected chi connectivity index (χ4v) is 4.30. The molecule has 6 nitrogen and oxygen atoms in total. The van der Waals surface area contributed by atoms with Crippen LogP contribution in [0.4, 0.5) is 13.2 Å². The van der Waals surface area contributed by atoms with Crippen LogP contribution in [0.25, 0.3) is 0 Å². The zero-order chi connectivity index (χ0) is 19.3. The number of halogens is 3. The molecule has 2 saturated heterocycles. The van der Waals surface area contributed by atoms with Gasteiger partial charge in [-0.25, -0.2) is 10.4 Å². The van der Waals surface area contributed by atoms with Crippen LogP contribution in [0, 0.1) is 11.8 Å². The van der Waals surface area contributed by atoms with Crippen LogP contribution >= 0.6 is 0 Å². The van der Waals surface area contributed by atoms with Gasteiger partial charge in [-0.15, -0.1) is 0 Å².